The fourth-order valence-electron chi connectivity index (χ4n) is 2.69. The zero-order valence-electron chi connectivity index (χ0n) is 14.8. The first-order valence-corrected chi connectivity index (χ1v) is 11.1. The molecule has 1 unspecified atom stereocenters. The highest BCUT2D eigenvalue weighted by atomic mass is 35.5. The maximum atomic E-state index is 13.2. The molecule has 9 heteroatoms. The van der Waals surface area contributed by atoms with Crippen LogP contribution in [0.4, 0.5) is 0 Å². The molecule has 1 atom stereocenters. The molecule has 0 saturated carbocycles. The molecule has 3 aromatic rings. The zero-order chi connectivity index (χ0) is 21.0. The lowest BCUT2D eigenvalue weighted by Gasteiger charge is -2.19. The Balaban J connectivity index is 1.89. The van der Waals surface area contributed by atoms with E-state index in [2.05, 4.69) is 10.3 Å². The minimum atomic E-state index is -3.82. The highest BCUT2D eigenvalue weighted by Gasteiger charge is 2.30. The Hall–Kier alpha value is -2.12. The van der Waals surface area contributed by atoms with Gasteiger partial charge < -0.3 is 5.32 Å². The van der Waals surface area contributed by atoms with Crippen LogP contribution >= 0.6 is 34.8 Å². The zero-order valence-corrected chi connectivity index (χ0v) is 17.9. The van der Waals surface area contributed by atoms with Crippen molar-refractivity contribution in [2.45, 2.75) is 10.1 Å². The van der Waals surface area contributed by atoms with E-state index in [-0.39, 0.29) is 22.0 Å². The molecule has 0 aliphatic carbocycles. The number of pyridine rings is 1. The van der Waals surface area contributed by atoms with Gasteiger partial charge in [0.05, 0.1) is 14.9 Å². The summed E-state index contributed by atoms with van der Waals surface area (Å²) in [6, 6.07) is 13.6. The number of hydrogen-bond donors (Lipinski definition) is 1. The summed E-state index contributed by atoms with van der Waals surface area (Å²) >= 11 is 17.7. The van der Waals surface area contributed by atoms with E-state index in [1.165, 1.54) is 48.7 Å². The third-order valence-corrected chi connectivity index (χ3v) is 7.31. The van der Waals surface area contributed by atoms with Crippen LogP contribution in [0.15, 0.2) is 71.9 Å². The SMILES string of the molecule is O=C(NCC(c1cccnc1)S(=O)(=O)c1ccc(Cl)cc1)c1ccc(Cl)c(Cl)c1. The molecule has 5 nitrogen and oxygen atoms in total. The van der Waals surface area contributed by atoms with E-state index in [9.17, 15) is 13.2 Å². The number of benzene rings is 2. The van der Waals surface area contributed by atoms with Crippen molar-refractivity contribution in [2.24, 2.45) is 0 Å². The minimum absolute atomic E-state index is 0.0968. The van der Waals surface area contributed by atoms with Crippen LogP contribution in [-0.4, -0.2) is 25.9 Å². The number of amides is 1. The van der Waals surface area contributed by atoms with Crippen molar-refractivity contribution in [1.29, 1.82) is 0 Å². The van der Waals surface area contributed by atoms with E-state index in [1.54, 1.807) is 18.3 Å². The standard InChI is InChI=1S/C20H15Cl3N2O3S/c21-15-4-6-16(7-5-15)29(27,28)19(14-2-1-9-24-11-14)12-25-20(26)13-3-8-17(22)18(23)10-13/h1-11,19H,12H2,(H,25,26). The molecule has 0 saturated heterocycles. The Morgan fingerprint density at radius 2 is 1.72 bits per heavy atom. The number of nitrogens with one attached hydrogen (secondary N) is 1. The van der Waals surface area contributed by atoms with Gasteiger partial charge in [-0.1, -0.05) is 40.9 Å². The molecule has 0 bridgehead atoms. The Bertz CT molecular complexity index is 1120. The fraction of sp³-hybridized carbons (Fsp3) is 0.100. The van der Waals surface area contributed by atoms with Crippen molar-refractivity contribution in [3.63, 3.8) is 0 Å². The van der Waals surface area contributed by atoms with Gasteiger partial charge in [-0.05, 0) is 54.1 Å². The topological polar surface area (TPSA) is 76.1 Å². The summed E-state index contributed by atoms with van der Waals surface area (Å²) in [4.78, 5) is 16.6. The molecule has 0 aliphatic heterocycles. The van der Waals surface area contributed by atoms with Gasteiger partial charge in [-0.3, -0.25) is 9.78 Å². The molecule has 3 rings (SSSR count). The lowest BCUT2D eigenvalue weighted by Crippen LogP contribution is -2.32. The first-order valence-electron chi connectivity index (χ1n) is 8.41. The van der Waals surface area contributed by atoms with Crippen molar-refractivity contribution in [3.8, 4) is 0 Å². The van der Waals surface area contributed by atoms with Gasteiger partial charge in [0.25, 0.3) is 5.91 Å². The van der Waals surface area contributed by atoms with Gasteiger partial charge in [-0.25, -0.2) is 8.42 Å². The van der Waals surface area contributed by atoms with Gasteiger partial charge >= 0.3 is 0 Å². The van der Waals surface area contributed by atoms with Crippen LogP contribution < -0.4 is 5.32 Å². The van der Waals surface area contributed by atoms with E-state index in [0.717, 1.165) is 0 Å². The van der Waals surface area contributed by atoms with Crippen molar-refractivity contribution in [1.82, 2.24) is 10.3 Å². The van der Waals surface area contributed by atoms with Crippen molar-refractivity contribution in [2.75, 3.05) is 6.54 Å². The smallest absolute Gasteiger partial charge is 0.251 e. The van der Waals surface area contributed by atoms with Crippen LogP contribution in [0, 0.1) is 0 Å². The molecule has 1 aromatic heterocycles. The number of sulfone groups is 1. The summed E-state index contributed by atoms with van der Waals surface area (Å²) in [6.45, 7) is -0.157. The first kappa shape index (κ1) is 21.6. The summed E-state index contributed by atoms with van der Waals surface area (Å²) in [5, 5.41) is 2.60. The summed E-state index contributed by atoms with van der Waals surface area (Å²) < 4.78 is 26.5. The quantitative estimate of drug-likeness (QED) is 0.552. The molecule has 0 aliphatic rings. The largest absolute Gasteiger partial charge is 0.350 e. The van der Waals surface area contributed by atoms with Crippen molar-refractivity contribution in [3.05, 3.63) is 93.2 Å². The highest BCUT2D eigenvalue weighted by molar-refractivity contribution is 7.91. The first-order chi connectivity index (χ1) is 13.8. The van der Waals surface area contributed by atoms with Crippen LogP contribution in [0.25, 0.3) is 0 Å². The normalized spacial score (nSPS) is 12.4. The summed E-state index contributed by atoms with van der Waals surface area (Å²) in [6.07, 6.45) is 3.01. The molecular weight excluding hydrogens is 455 g/mol. The second-order valence-electron chi connectivity index (χ2n) is 6.11. The fourth-order valence-corrected chi connectivity index (χ4v) is 4.76. The third-order valence-electron chi connectivity index (χ3n) is 4.20. The molecule has 0 radical (unpaired) electrons. The molecule has 1 heterocycles. The van der Waals surface area contributed by atoms with Gasteiger partial charge in [-0.15, -0.1) is 0 Å². The van der Waals surface area contributed by atoms with Crippen LogP contribution in [0.1, 0.15) is 21.2 Å². The lowest BCUT2D eigenvalue weighted by molar-refractivity contribution is 0.0953. The average Bonchev–Trinajstić information content (AvgIpc) is 2.71. The molecule has 150 valence electrons. The monoisotopic (exact) mass is 468 g/mol. The highest BCUT2D eigenvalue weighted by Crippen LogP contribution is 2.29. The number of carbonyl (C=O) groups is 1. The van der Waals surface area contributed by atoms with Crippen LogP contribution in [-0.2, 0) is 9.84 Å². The number of carbonyl (C=O) groups excluding carboxylic acids is 1. The second-order valence-corrected chi connectivity index (χ2v) is 9.49. The van der Waals surface area contributed by atoms with Gasteiger partial charge in [0.1, 0.15) is 5.25 Å². The third kappa shape index (κ3) is 5.08. The molecule has 29 heavy (non-hydrogen) atoms. The number of hydrogen-bond acceptors (Lipinski definition) is 4. The maximum Gasteiger partial charge on any atom is 0.251 e. The summed E-state index contributed by atoms with van der Waals surface area (Å²) in [5.41, 5.74) is 0.727. The van der Waals surface area contributed by atoms with E-state index in [4.69, 9.17) is 34.8 Å². The Morgan fingerprint density at radius 3 is 2.34 bits per heavy atom. The van der Waals surface area contributed by atoms with Crippen LogP contribution in [0.2, 0.25) is 15.1 Å². The van der Waals surface area contributed by atoms with Gasteiger partial charge in [0, 0.05) is 29.5 Å². The Morgan fingerprint density at radius 1 is 1.00 bits per heavy atom. The van der Waals surface area contributed by atoms with Crippen molar-refractivity contribution >= 4 is 50.5 Å². The van der Waals surface area contributed by atoms with Gasteiger partial charge in [0.15, 0.2) is 9.84 Å². The predicted molar refractivity (Wildman–Crippen MR) is 114 cm³/mol. The lowest BCUT2D eigenvalue weighted by atomic mass is 10.2. The van der Waals surface area contributed by atoms with Crippen molar-refractivity contribution < 1.29 is 13.2 Å². The number of aromatic nitrogens is 1. The summed E-state index contributed by atoms with van der Waals surface area (Å²) in [7, 11) is -3.82. The van der Waals surface area contributed by atoms with E-state index < -0.39 is 21.0 Å². The Kier molecular flexibility index (Phi) is 6.80. The maximum absolute atomic E-state index is 13.2. The number of halogens is 3. The van der Waals surface area contributed by atoms with E-state index in [0.29, 0.717) is 15.6 Å². The molecule has 0 spiro atoms. The summed E-state index contributed by atoms with van der Waals surface area (Å²) in [5.74, 6) is -0.469. The molecule has 1 amide bonds. The predicted octanol–water partition coefficient (Wildman–Crippen LogP) is 4.99. The number of nitrogens with zero attached hydrogens (tertiary/aromatic N) is 1. The van der Waals surface area contributed by atoms with E-state index in [1.807, 2.05) is 0 Å². The number of rotatable bonds is 6. The molecule has 0 fully saturated rings. The molecule has 1 N–H and O–H groups in total. The van der Waals surface area contributed by atoms with Crippen LogP contribution in [0.5, 0.6) is 0 Å². The molecular formula is C20H15Cl3N2O3S. The Labute approximate surface area is 183 Å². The van der Waals surface area contributed by atoms with Gasteiger partial charge in [-0.2, -0.15) is 0 Å². The second kappa shape index (κ2) is 9.13. The minimum Gasteiger partial charge on any atom is -0.350 e. The van der Waals surface area contributed by atoms with Crippen LogP contribution in [0.3, 0.4) is 0 Å². The van der Waals surface area contributed by atoms with E-state index >= 15 is 0 Å². The average molecular weight is 470 g/mol. The van der Waals surface area contributed by atoms with Gasteiger partial charge in [0.2, 0.25) is 0 Å². The molecule has 2 aromatic carbocycles.